The van der Waals surface area contributed by atoms with E-state index in [9.17, 15) is 4.79 Å². The van der Waals surface area contributed by atoms with Crippen molar-refractivity contribution in [2.24, 2.45) is 10.9 Å². The number of carbonyl (C=O) groups excluding carboxylic acids is 1. The lowest BCUT2D eigenvalue weighted by Crippen LogP contribution is -2.16. The molecule has 0 amide bonds. The van der Waals surface area contributed by atoms with Gasteiger partial charge in [0.2, 0.25) is 0 Å². The first kappa shape index (κ1) is 22.0. The second kappa shape index (κ2) is 9.85. The first-order valence-corrected chi connectivity index (χ1v) is 9.95. The Bertz CT molecular complexity index is 1120. The van der Waals surface area contributed by atoms with E-state index in [1.54, 1.807) is 36.4 Å². The van der Waals surface area contributed by atoms with Crippen molar-refractivity contribution in [1.82, 2.24) is 0 Å². The zero-order chi connectivity index (χ0) is 21.7. The highest BCUT2D eigenvalue weighted by Crippen LogP contribution is 2.26. The molecule has 0 atom stereocenters. The van der Waals surface area contributed by atoms with E-state index < -0.39 is 5.97 Å². The second-order valence-corrected chi connectivity index (χ2v) is 7.65. The fourth-order valence-corrected chi connectivity index (χ4v) is 3.24. The second-order valence-electron chi connectivity index (χ2n) is 6.40. The van der Waals surface area contributed by atoms with Crippen molar-refractivity contribution in [2.75, 3.05) is 0 Å². The van der Waals surface area contributed by atoms with Gasteiger partial charge in [0.1, 0.15) is 12.4 Å². The van der Waals surface area contributed by atoms with Gasteiger partial charge in [0.15, 0.2) is 5.84 Å². The molecule has 154 valence electrons. The van der Waals surface area contributed by atoms with Crippen molar-refractivity contribution >= 4 is 46.6 Å². The molecule has 0 unspecified atom stereocenters. The number of ether oxygens (including phenoxy) is 1. The maximum absolute atomic E-state index is 12.3. The van der Waals surface area contributed by atoms with Crippen LogP contribution in [0.1, 0.15) is 27.0 Å². The van der Waals surface area contributed by atoms with Crippen LogP contribution in [0.3, 0.4) is 0 Å². The molecule has 3 rings (SSSR count). The van der Waals surface area contributed by atoms with Gasteiger partial charge in [-0.3, -0.25) is 0 Å². The van der Waals surface area contributed by atoms with E-state index in [1.165, 1.54) is 6.07 Å². The summed E-state index contributed by atoms with van der Waals surface area (Å²) in [4.78, 5) is 17.3. The van der Waals surface area contributed by atoms with Gasteiger partial charge >= 0.3 is 5.97 Å². The molecule has 2 N–H and O–H groups in total. The normalized spacial score (nSPS) is 11.3. The fraction of sp³-hybridized carbons (Fsp3) is 0.0909. The lowest BCUT2D eigenvalue weighted by molar-refractivity contribution is 0.0516. The zero-order valence-electron chi connectivity index (χ0n) is 15.9. The van der Waals surface area contributed by atoms with Crippen LogP contribution in [0.5, 0.6) is 5.75 Å². The highest BCUT2D eigenvalue weighted by Gasteiger charge is 2.11. The van der Waals surface area contributed by atoms with Gasteiger partial charge < -0.3 is 15.3 Å². The number of rotatable bonds is 6. The minimum atomic E-state index is -0.668. The highest BCUT2D eigenvalue weighted by molar-refractivity contribution is 6.36. The Balaban J connectivity index is 1.67. The van der Waals surface area contributed by atoms with Crippen molar-refractivity contribution in [3.63, 3.8) is 0 Å². The smallest absolute Gasteiger partial charge is 0.365 e. The molecule has 3 aromatic rings. The summed E-state index contributed by atoms with van der Waals surface area (Å²) in [6.07, 6.45) is 0. The van der Waals surface area contributed by atoms with E-state index in [1.807, 2.05) is 25.1 Å². The summed E-state index contributed by atoms with van der Waals surface area (Å²) in [5, 5.41) is 4.95. The molecule has 0 radical (unpaired) electrons. The Morgan fingerprint density at radius 3 is 2.57 bits per heavy atom. The van der Waals surface area contributed by atoms with Gasteiger partial charge in [-0.15, -0.1) is 0 Å². The molecule has 0 spiro atoms. The van der Waals surface area contributed by atoms with Gasteiger partial charge in [-0.25, -0.2) is 4.79 Å². The fourth-order valence-electron chi connectivity index (χ4n) is 2.56. The summed E-state index contributed by atoms with van der Waals surface area (Å²) in [5.41, 5.74) is 8.35. The van der Waals surface area contributed by atoms with Crippen LogP contribution in [0, 0.1) is 6.92 Å². The Hall–Kier alpha value is -2.73. The van der Waals surface area contributed by atoms with Crippen LogP contribution < -0.4 is 10.5 Å². The lowest BCUT2D eigenvalue weighted by atomic mass is 10.1. The van der Waals surface area contributed by atoms with Gasteiger partial charge in [0.25, 0.3) is 0 Å². The van der Waals surface area contributed by atoms with E-state index in [2.05, 4.69) is 5.16 Å². The van der Waals surface area contributed by atoms with Gasteiger partial charge in [-0.1, -0.05) is 58.2 Å². The predicted molar refractivity (Wildman–Crippen MR) is 120 cm³/mol. The van der Waals surface area contributed by atoms with Crippen LogP contribution in [-0.4, -0.2) is 11.8 Å². The van der Waals surface area contributed by atoms with E-state index >= 15 is 0 Å². The van der Waals surface area contributed by atoms with Gasteiger partial charge in [-0.2, -0.15) is 0 Å². The summed E-state index contributed by atoms with van der Waals surface area (Å²) < 4.78 is 5.76. The Kier molecular flexibility index (Phi) is 7.21. The van der Waals surface area contributed by atoms with Crippen LogP contribution in [0.15, 0.2) is 65.8 Å². The topological polar surface area (TPSA) is 73.9 Å². The number of carbonyl (C=O) groups is 1. The van der Waals surface area contributed by atoms with Gasteiger partial charge in [-0.05, 0) is 60.5 Å². The quantitative estimate of drug-likeness (QED) is 0.210. The van der Waals surface area contributed by atoms with Gasteiger partial charge in [0.05, 0.1) is 15.6 Å². The molecule has 0 saturated carbocycles. The third kappa shape index (κ3) is 5.66. The molecule has 0 aliphatic heterocycles. The minimum Gasteiger partial charge on any atom is -0.487 e. The number of halogens is 3. The Morgan fingerprint density at radius 2 is 1.80 bits per heavy atom. The molecule has 0 fully saturated rings. The molecule has 30 heavy (non-hydrogen) atoms. The van der Waals surface area contributed by atoms with Crippen LogP contribution in [-0.2, 0) is 11.4 Å². The summed E-state index contributed by atoms with van der Waals surface area (Å²) in [5.74, 6) is -0.140. The maximum Gasteiger partial charge on any atom is 0.365 e. The summed E-state index contributed by atoms with van der Waals surface area (Å²) >= 11 is 18.1. The predicted octanol–water partition coefficient (Wildman–Crippen LogP) is 6.01. The number of hydrogen-bond acceptors (Lipinski definition) is 4. The standard InChI is InChI=1S/C22H17Cl3N2O3/c1-13-5-8-18(24)20(9-13)29-12-14-3-2-4-15(10-14)22(28)30-27-21(26)17-7-6-16(23)11-19(17)25/h2-11H,12H2,1H3,(H2,26,27). The average molecular weight is 464 g/mol. The number of oxime groups is 1. The lowest BCUT2D eigenvalue weighted by Gasteiger charge is -2.09. The molecule has 0 aliphatic rings. The van der Waals surface area contributed by atoms with Crippen LogP contribution in [0.4, 0.5) is 0 Å². The monoisotopic (exact) mass is 462 g/mol. The molecule has 8 heteroatoms. The zero-order valence-corrected chi connectivity index (χ0v) is 18.1. The van der Waals surface area contributed by atoms with Crippen molar-refractivity contribution in [3.8, 4) is 5.75 Å². The first-order chi connectivity index (χ1) is 14.3. The molecule has 0 bridgehead atoms. The Labute approximate surface area is 188 Å². The molecule has 0 aromatic heterocycles. The largest absolute Gasteiger partial charge is 0.487 e. The average Bonchev–Trinajstić information content (AvgIpc) is 2.72. The summed E-state index contributed by atoms with van der Waals surface area (Å²) in [6.45, 7) is 2.18. The Morgan fingerprint density at radius 1 is 1.00 bits per heavy atom. The number of hydrogen-bond donors (Lipinski definition) is 1. The van der Waals surface area contributed by atoms with Crippen LogP contribution in [0.25, 0.3) is 0 Å². The molecule has 0 heterocycles. The van der Waals surface area contributed by atoms with Gasteiger partial charge in [0, 0.05) is 10.6 Å². The summed E-state index contributed by atoms with van der Waals surface area (Å²) in [7, 11) is 0. The first-order valence-electron chi connectivity index (χ1n) is 8.81. The number of aryl methyl sites for hydroxylation is 1. The number of benzene rings is 3. The molecular weight excluding hydrogens is 447 g/mol. The number of amidine groups is 1. The molecule has 0 aliphatic carbocycles. The number of nitrogens with zero attached hydrogens (tertiary/aromatic N) is 1. The minimum absolute atomic E-state index is 0.0430. The SMILES string of the molecule is Cc1ccc(Cl)c(OCc2cccc(C(=O)O/N=C(\N)c3ccc(Cl)cc3Cl)c2)c1. The van der Waals surface area contributed by atoms with E-state index in [0.29, 0.717) is 31.9 Å². The van der Waals surface area contributed by atoms with Crippen molar-refractivity contribution in [2.45, 2.75) is 13.5 Å². The van der Waals surface area contributed by atoms with Crippen molar-refractivity contribution in [3.05, 3.63) is 98.0 Å². The third-order valence-corrected chi connectivity index (χ3v) is 4.94. The van der Waals surface area contributed by atoms with Crippen molar-refractivity contribution in [1.29, 1.82) is 0 Å². The van der Waals surface area contributed by atoms with Crippen LogP contribution in [0.2, 0.25) is 15.1 Å². The van der Waals surface area contributed by atoms with E-state index in [0.717, 1.165) is 11.1 Å². The van der Waals surface area contributed by atoms with Crippen molar-refractivity contribution < 1.29 is 14.4 Å². The number of nitrogens with two attached hydrogens (primary N) is 1. The van der Waals surface area contributed by atoms with E-state index in [4.69, 9.17) is 50.1 Å². The third-order valence-electron chi connectivity index (χ3n) is 4.08. The van der Waals surface area contributed by atoms with Crippen LogP contribution >= 0.6 is 34.8 Å². The molecule has 3 aromatic carbocycles. The maximum atomic E-state index is 12.3. The summed E-state index contributed by atoms with van der Waals surface area (Å²) in [6, 6.07) is 17.0. The van der Waals surface area contributed by atoms with E-state index in [-0.39, 0.29) is 12.4 Å². The highest BCUT2D eigenvalue weighted by atomic mass is 35.5. The molecule has 5 nitrogen and oxygen atoms in total. The molecule has 0 saturated heterocycles. The molecular formula is C22H17Cl3N2O3.